The van der Waals surface area contributed by atoms with Crippen molar-refractivity contribution in [3.05, 3.63) is 29.8 Å². The third-order valence-electron chi connectivity index (χ3n) is 4.81. The Labute approximate surface area is 144 Å². The van der Waals surface area contributed by atoms with Gasteiger partial charge in [0.2, 0.25) is 0 Å². The minimum atomic E-state index is 0.347. The smallest absolute Gasteiger partial charge is 0.174 e. The molecule has 1 N–H and O–H groups in total. The van der Waals surface area contributed by atoms with E-state index in [-0.39, 0.29) is 0 Å². The highest BCUT2D eigenvalue weighted by Gasteiger charge is 2.34. The predicted octanol–water partition coefficient (Wildman–Crippen LogP) is 2.81. The van der Waals surface area contributed by atoms with Crippen molar-refractivity contribution in [3.8, 4) is 5.82 Å². The number of rotatable bonds is 6. The molecule has 6 heteroatoms. The van der Waals surface area contributed by atoms with Gasteiger partial charge in [-0.25, -0.2) is 9.67 Å². The maximum atomic E-state index is 4.70. The molecule has 0 saturated heterocycles. The largest absolute Gasteiger partial charge is 0.368 e. The summed E-state index contributed by atoms with van der Waals surface area (Å²) in [7, 11) is 4.31. The molecule has 0 bridgehead atoms. The van der Waals surface area contributed by atoms with Crippen LogP contribution in [0.15, 0.2) is 18.5 Å². The van der Waals surface area contributed by atoms with E-state index in [0.717, 1.165) is 36.1 Å². The zero-order chi connectivity index (χ0) is 17.2. The number of nitrogens with one attached hydrogen (secondary N) is 1. The Morgan fingerprint density at radius 2 is 1.96 bits per heavy atom. The number of hydrogen-bond donors (Lipinski definition) is 1. The Kier molecular flexibility index (Phi) is 4.85. The summed E-state index contributed by atoms with van der Waals surface area (Å²) in [6.45, 7) is 6.08. The molecule has 1 fully saturated rings. The van der Waals surface area contributed by atoms with Crippen molar-refractivity contribution in [2.45, 2.75) is 39.5 Å². The van der Waals surface area contributed by atoms with Gasteiger partial charge in [-0.3, -0.25) is 4.98 Å². The SMILES string of the molecule is Cc1cc(C)n(-c2cncc(NCC3(CN(C)C)CCCC3)n2)n1. The maximum absolute atomic E-state index is 4.70. The van der Waals surface area contributed by atoms with Gasteiger partial charge < -0.3 is 10.2 Å². The zero-order valence-electron chi connectivity index (χ0n) is 15.2. The highest BCUT2D eigenvalue weighted by atomic mass is 15.3. The molecule has 0 atom stereocenters. The first kappa shape index (κ1) is 16.9. The molecule has 0 unspecified atom stereocenters. The Morgan fingerprint density at radius 3 is 2.58 bits per heavy atom. The first-order valence-corrected chi connectivity index (χ1v) is 8.72. The monoisotopic (exact) mass is 328 g/mol. The van der Waals surface area contributed by atoms with Gasteiger partial charge in [0.25, 0.3) is 0 Å². The molecule has 6 nitrogen and oxygen atoms in total. The topological polar surface area (TPSA) is 58.9 Å². The van der Waals surface area contributed by atoms with E-state index in [2.05, 4.69) is 34.4 Å². The molecule has 2 aromatic heterocycles. The van der Waals surface area contributed by atoms with Crippen molar-refractivity contribution in [2.24, 2.45) is 5.41 Å². The fourth-order valence-corrected chi connectivity index (χ4v) is 3.87. The lowest BCUT2D eigenvalue weighted by Crippen LogP contribution is -2.37. The number of aryl methyl sites for hydroxylation is 2. The summed E-state index contributed by atoms with van der Waals surface area (Å²) in [5.74, 6) is 1.59. The van der Waals surface area contributed by atoms with Gasteiger partial charge in [0.05, 0.1) is 18.1 Å². The second kappa shape index (κ2) is 6.89. The predicted molar refractivity (Wildman–Crippen MR) is 96.6 cm³/mol. The van der Waals surface area contributed by atoms with Crippen LogP contribution in [0.4, 0.5) is 5.82 Å². The Morgan fingerprint density at radius 1 is 1.21 bits per heavy atom. The highest BCUT2D eigenvalue weighted by molar-refractivity contribution is 5.37. The van der Waals surface area contributed by atoms with E-state index in [0.29, 0.717) is 5.41 Å². The van der Waals surface area contributed by atoms with E-state index in [9.17, 15) is 0 Å². The fraction of sp³-hybridized carbons (Fsp3) is 0.611. The summed E-state index contributed by atoms with van der Waals surface area (Å²) in [5.41, 5.74) is 2.40. The molecule has 130 valence electrons. The first-order valence-electron chi connectivity index (χ1n) is 8.72. The van der Waals surface area contributed by atoms with Crippen molar-refractivity contribution in [2.75, 3.05) is 32.5 Å². The Bertz CT molecular complexity index is 685. The lowest BCUT2D eigenvalue weighted by molar-refractivity contribution is 0.215. The molecule has 0 amide bonds. The van der Waals surface area contributed by atoms with Gasteiger partial charge >= 0.3 is 0 Å². The van der Waals surface area contributed by atoms with Crippen molar-refractivity contribution in [3.63, 3.8) is 0 Å². The zero-order valence-corrected chi connectivity index (χ0v) is 15.2. The van der Waals surface area contributed by atoms with Crippen LogP contribution in [0, 0.1) is 19.3 Å². The van der Waals surface area contributed by atoms with Crippen molar-refractivity contribution >= 4 is 5.82 Å². The second-order valence-electron chi connectivity index (χ2n) is 7.40. The average molecular weight is 328 g/mol. The first-order chi connectivity index (χ1) is 11.5. The summed E-state index contributed by atoms with van der Waals surface area (Å²) in [6.07, 6.45) is 8.77. The van der Waals surface area contributed by atoms with E-state index in [1.54, 1.807) is 12.4 Å². The molecule has 3 rings (SSSR count). The van der Waals surface area contributed by atoms with Crippen LogP contribution in [0.3, 0.4) is 0 Å². The molecule has 0 spiro atoms. The quantitative estimate of drug-likeness (QED) is 0.883. The molecular weight excluding hydrogens is 300 g/mol. The standard InChI is InChI=1S/C18H28N6/c1-14-9-15(2)24(22-14)17-11-19-10-16(21-17)20-12-18(13-23(3)4)7-5-6-8-18/h9-11H,5-8,12-13H2,1-4H3,(H,20,21). The molecule has 2 aromatic rings. The van der Waals surface area contributed by atoms with Gasteiger partial charge in [0, 0.05) is 24.2 Å². The van der Waals surface area contributed by atoms with Crippen LogP contribution in [0.5, 0.6) is 0 Å². The molecule has 1 saturated carbocycles. The number of aromatic nitrogens is 4. The lowest BCUT2D eigenvalue weighted by Gasteiger charge is -2.32. The molecule has 24 heavy (non-hydrogen) atoms. The summed E-state index contributed by atoms with van der Waals surface area (Å²) >= 11 is 0. The molecule has 0 radical (unpaired) electrons. The van der Waals surface area contributed by atoms with Crippen LogP contribution < -0.4 is 5.32 Å². The Hall–Kier alpha value is -1.95. The molecule has 2 heterocycles. The van der Waals surface area contributed by atoms with Crippen LogP contribution in [-0.4, -0.2) is 51.8 Å². The van der Waals surface area contributed by atoms with Crippen LogP contribution in [-0.2, 0) is 0 Å². The summed E-state index contributed by atoms with van der Waals surface area (Å²) in [4.78, 5) is 11.3. The average Bonchev–Trinajstić information content (AvgIpc) is 3.12. The normalized spacial score (nSPS) is 16.7. The minimum Gasteiger partial charge on any atom is -0.368 e. The third kappa shape index (κ3) is 3.75. The highest BCUT2D eigenvalue weighted by Crippen LogP contribution is 2.38. The third-order valence-corrected chi connectivity index (χ3v) is 4.81. The minimum absolute atomic E-state index is 0.347. The molecule has 1 aliphatic carbocycles. The molecular formula is C18H28N6. The summed E-state index contributed by atoms with van der Waals surface area (Å²) in [5, 5.41) is 8.02. The van der Waals surface area contributed by atoms with Crippen LogP contribution in [0.1, 0.15) is 37.1 Å². The lowest BCUT2D eigenvalue weighted by atomic mass is 9.85. The van der Waals surface area contributed by atoms with Gasteiger partial charge in [-0.05, 0) is 46.9 Å². The maximum Gasteiger partial charge on any atom is 0.174 e. The summed E-state index contributed by atoms with van der Waals surface area (Å²) in [6, 6.07) is 2.05. The van der Waals surface area contributed by atoms with Crippen LogP contribution >= 0.6 is 0 Å². The van der Waals surface area contributed by atoms with Crippen molar-refractivity contribution in [1.29, 1.82) is 0 Å². The Balaban J connectivity index is 1.74. The molecule has 0 aromatic carbocycles. The van der Waals surface area contributed by atoms with Gasteiger partial charge in [-0.15, -0.1) is 0 Å². The van der Waals surface area contributed by atoms with Crippen LogP contribution in [0.25, 0.3) is 5.82 Å². The number of nitrogens with zero attached hydrogens (tertiary/aromatic N) is 5. The molecule has 1 aliphatic rings. The summed E-state index contributed by atoms with van der Waals surface area (Å²) < 4.78 is 1.85. The van der Waals surface area contributed by atoms with E-state index in [1.165, 1.54) is 25.7 Å². The molecule has 0 aliphatic heterocycles. The van der Waals surface area contributed by atoms with Crippen molar-refractivity contribution in [1.82, 2.24) is 24.6 Å². The van der Waals surface area contributed by atoms with E-state index < -0.39 is 0 Å². The number of anilines is 1. The van der Waals surface area contributed by atoms with E-state index >= 15 is 0 Å². The van der Waals surface area contributed by atoms with E-state index in [1.807, 2.05) is 24.6 Å². The second-order valence-corrected chi connectivity index (χ2v) is 7.40. The van der Waals surface area contributed by atoms with Gasteiger partial charge in [-0.1, -0.05) is 12.8 Å². The van der Waals surface area contributed by atoms with Gasteiger partial charge in [0.15, 0.2) is 5.82 Å². The fourth-order valence-electron chi connectivity index (χ4n) is 3.87. The van der Waals surface area contributed by atoms with Crippen LogP contribution in [0.2, 0.25) is 0 Å². The van der Waals surface area contributed by atoms with E-state index in [4.69, 9.17) is 4.98 Å². The van der Waals surface area contributed by atoms with Gasteiger partial charge in [-0.2, -0.15) is 5.10 Å². The van der Waals surface area contributed by atoms with Crippen molar-refractivity contribution < 1.29 is 0 Å². The van der Waals surface area contributed by atoms with Gasteiger partial charge in [0.1, 0.15) is 5.82 Å². The number of hydrogen-bond acceptors (Lipinski definition) is 5.